The number of aliphatic carboxylic acids is 1. The monoisotopic (exact) mass is 357 g/mol. The highest BCUT2D eigenvalue weighted by atomic mass is 16.5. The number of nitrogens with zero attached hydrogens (tertiary/aromatic N) is 1. The number of hydrogen-bond donors (Lipinski definition) is 1. The molecule has 3 aromatic rings. The predicted octanol–water partition coefficient (Wildman–Crippen LogP) is 4.27. The van der Waals surface area contributed by atoms with E-state index in [4.69, 9.17) is 4.74 Å². The SMILES string of the molecule is O=C(O)[C@@]1(Cc2ccccc2)N=C(c2ccccc2)O[C@@H]1c1ccccc1. The lowest BCUT2D eigenvalue weighted by Crippen LogP contribution is -2.43. The van der Waals surface area contributed by atoms with E-state index < -0.39 is 17.6 Å². The largest absolute Gasteiger partial charge is 0.479 e. The van der Waals surface area contributed by atoms with Crippen molar-refractivity contribution in [2.24, 2.45) is 4.99 Å². The molecule has 1 N–H and O–H groups in total. The van der Waals surface area contributed by atoms with Gasteiger partial charge in [0.2, 0.25) is 11.4 Å². The molecule has 1 aliphatic rings. The minimum absolute atomic E-state index is 0.249. The van der Waals surface area contributed by atoms with Gasteiger partial charge in [0.25, 0.3) is 0 Å². The van der Waals surface area contributed by atoms with Crippen LogP contribution in [-0.2, 0) is 16.0 Å². The predicted molar refractivity (Wildman–Crippen MR) is 104 cm³/mol. The third-order valence-electron chi connectivity index (χ3n) is 4.77. The summed E-state index contributed by atoms with van der Waals surface area (Å²) in [6, 6.07) is 28.4. The van der Waals surface area contributed by atoms with Crippen molar-refractivity contribution in [3.05, 3.63) is 108 Å². The number of rotatable bonds is 5. The Kier molecular flexibility index (Phi) is 4.47. The van der Waals surface area contributed by atoms with Gasteiger partial charge in [-0.2, -0.15) is 0 Å². The highest BCUT2D eigenvalue weighted by Crippen LogP contribution is 2.42. The second-order valence-electron chi connectivity index (χ2n) is 6.58. The van der Waals surface area contributed by atoms with Gasteiger partial charge in [0.1, 0.15) is 0 Å². The van der Waals surface area contributed by atoms with Crippen LogP contribution >= 0.6 is 0 Å². The standard InChI is InChI=1S/C23H19NO3/c25-22(26)23(16-17-10-4-1-5-11-17)20(18-12-6-2-7-13-18)27-21(24-23)19-14-8-3-9-15-19/h1-15,20H,16H2,(H,25,26)/t20-,23+/m1/s1. The number of benzene rings is 3. The van der Waals surface area contributed by atoms with E-state index in [0.29, 0.717) is 5.90 Å². The number of hydrogen-bond acceptors (Lipinski definition) is 3. The van der Waals surface area contributed by atoms with Crippen molar-refractivity contribution >= 4 is 11.9 Å². The molecule has 0 saturated heterocycles. The van der Waals surface area contributed by atoms with Crippen LogP contribution in [0.25, 0.3) is 0 Å². The molecule has 134 valence electrons. The van der Waals surface area contributed by atoms with E-state index in [1.807, 2.05) is 91.0 Å². The van der Waals surface area contributed by atoms with Crippen molar-refractivity contribution in [2.75, 3.05) is 0 Å². The molecule has 0 fully saturated rings. The molecular formula is C23H19NO3. The van der Waals surface area contributed by atoms with Gasteiger partial charge in [-0.15, -0.1) is 0 Å². The number of aliphatic imine (C=N–C) groups is 1. The van der Waals surface area contributed by atoms with Gasteiger partial charge in [0, 0.05) is 12.0 Å². The van der Waals surface area contributed by atoms with Gasteiger partial charge in [-0.1, -0.05) is 78.9 Å². The lowest BCUT2D eigenvalue weighted by molar-refractivity contribution is -0.146. The summed E-state index contributed by atoms with van der Waals surface area (Å²) in [5.74, 6) is -0.631. The Morgan fingerprint density at radius 3 is 2.04 bits per heavy atom. The summed E-state index contributed by atoms with van der Waals surface area (Å²) in [4.78, 5) is 17.1. The molecule has 0 aromatic heterocycles. The van der Waals surface area contributed by atoms with Crippen LogP contribution in [0.5, 0.6) is 0 Å². The highest BCUT2D eigenvalue weighted by Gasteiger charge is 2.53. The maximum Gasteiger partial charge on any atom is 0.336 e. The van der Waals surface area contributed by atoms with Crippen molar-refractivity contribution < 1.29 is 14.6 Å². The molecule has 0 bridgehead atoms. The van der Waals surface area contributed by atoms with Crippen molar-refractivity contribution in [2.45, 2.75) is 18.1 Å². The summed E-state index contributed by atoms with van der Waals surface area (Å²) in [5.41, 5.74) is 1.05. The fraction of sp³-hybridized carbons (Fsp3) is 0.130. The second kappa shape index (κ2) is 7.08. The Balaban J connectivity index is 1.83. The summed E-state index contributed by atoms with van der Waals surface area (Å²) in [6.45, 7) is 0. The minimum Gasteiger partial charge on any atom is -0.479 e. The fourth-order valence-electron chi connectivity index (χ4n) is 3.44. The highest BCUT2D eigenvalue weighted by molar-refractivity contribution is 5.99. The Morgan fingerprint density at radius 1 is 0.889 bits per heavy atom. The van der Waals surface area contributed by atoms with Crippen LogP contribution in [0, 0.1) is 0 Å². The lowest BCUT2D eigenvalue weighted by atomic mass is 9.83. The maximum absolute atomic E-state index is 12.5. The summed E-state index contributed by atoms with van der Waals surface area (Å²) in [7, 11) is 0. The van der Waals surface area contributed by atoms with E-state index in [0.717, 1.165) is 16.7 Å². The molecule has 0 unspecified atom stereocenters. The average Bonchev–Trinajstić information content (AvgIpc) is 3.11. The first-order valence-electron chi connectivity index (χ1n) is 8.83. The molecule has 4 nitrogen and oxygen atoms in total. The quantitative estimate of drug-likeness (QED) is 0.742. The van der Waals surface area contributed by atoms with Gasteiger partial charge in [0.05, 0.1) is 0 Å². The van der Waals surface area contributed by atoms with Crippen molar-refractivity contribution in [1.29, 1.82) is 0 Å². The zero-order valence-corrected chi connectivity index (χ0v) is 14.7. The van der Waals surface area contributed by atoms with Crippen molar-refractivity contribution in [1.82, 2.24) is 0 Å². The van der Waals surface area contributed by atoms with E-state index in [-0.39, 0.29) is 6.42 Å². The van der Waals surface area contributed by atoms with Crippen LogP contribution in [0.15, 0.2) is 96.0 Å². The number of carboxylic acid groups (broad SMARTS) is 1. The first-order chi connectivity index (χ1) is 13.2. The molecule has 3 aromatic carbocycles. The van der Waals surface area contributed by atoms with Gasteiger partial charge in [-0.25, -0.2) is 9.79 Å². The first kappa shape index (κ1) is 17.0. The molecule has 1 heterocycles. The fourth-order valence-corrected chi connectivity index (χ4v) is 3.44. The number of carboxylic acids is 1. The second-order valence-corrected chi connectivity index (χ2v) is 6.58. The van der Waals surface area contributed by atoms with Crippen LogP contribution < -0.4 is 0 Å². The Bertz CT molecular complexity index is 955. The molecule has 27 heavy (non-hydrogen) atoms. The van der Waals surface area contributed by atoms with E-state index in [1.54, 1.807) is 0 Å². The number of carbonyl (C=O) groups is 1. The van der Waals surface area contributed by atoms with Crippen LogP contribution in [-0.4, -0.2) is 22.5 Å². The average molecular weight is 357 g/mol. The molecule has 4 rings (SSSR count). The summed E-state index contributed by atoms with van der Waals surface area (Å²) >= 11 is 0. The maximum atomic E-state index is 12.5. The van der Waals surface area contributed by atoms with E-state index in [9.17, 15) is 9.90 Å². The third kappa shape index (κ3) is 3.22. The molecule has 0 saturated carbocycles. The van der Waals surface area contributed by atoms with E-state index in [2.05, 4.69) is 4.99 Å². The summed E-state index contributed by atoms with van der Waals surface area (Å²) in [6.07, 6.45) is -0.453. The smallest absolute Gasteiger partial charge is 0.336 e. The summed E-state index contributed by atoms with van der Waals surface area (Å²) < 4.78 is 6.15. The van der Waals surface area contributed by atoms with Gasteiger partial charge in [0.15, 0.2) is 6.10 Å². The zero-order valence-electron chi connectivity index (χ0n) is 14.7. The Labute approximate surface area is 157 Å². The Hall–Kier alpha value is -3.40. The molecule has 0 amide bonds. The van der Waals surface area contributed by atoms with Crippen LogP contribution in [0.2, 0.25) is 0 Å². The topological polar surface area (TPSA) is 58.9 Å². The molecule has 4 heteroatoms. The molecule has 0 aliphatic carbocycles. The van der Waals surface area contributed by atoms with Crippen LogP contribution in [0.3, 0.4) is 0 Å². The van der Waals surface area contributed by atoms with Crippen LogP contribution in [0.4, 0.5) is 0 Å². The Morgan fingerprint density at radius 2 is 1.44 bits per heavy atom. The van der Waals surface area contributed by atoms with E-state index in [1.165, 1.54) is 0 Å². The van der Waals surface area contributed by atoms with Crippen LogP contribution in [0.1, 0.15) is 22.8 Å². The van der Waals surface area contributed by atoms with Gasteiger partial charge in [-0.3, -0.25) is 0 Å². The minimum atomic E-state index is -1.42. The summed E-state index contributed by atoms with van der Waals surface area (Å²) in [5, 5.41) is 10.2. The first-order valence-corrected chi connectivity index (χ1v) is 8.83. The van der Waals surface area contributed by atoms with Gasteiger partial charge >= 0.3 is 5.97 Å². The molecule has 1 aliphatic heterocycles. The normalized spacial score (nSPS) is 21.3. The zero-order chi connectivity index (χ0) is 18.7. The molecule has 2 atom stereocenters. The van der Waals surface area contributed by atoms with E-state index >= 15 is 0 Å². The van der Waals surface area contributed by atoms with Crippen molar-refractivity contribution in [3.8, 4) is 0 Å². The molecular weight excluding hydrogens is 338 g/mol. The lowest BCUT2D eigenvalue weighted by Gasteiger charge is -2.27. The number of ether oxygens (including phenoxy) is 1. The van der Waals surface area contributed by atoms with Gasteiger partial charge in [-0.05, 0) is 23.3 Å². The van der Waals surface area contributed by atoms with Crippen molar-refractivity contribution in [3.63, 3.8) is 0 Å². The molecule has 0 spiro atoms. The molecule has 0 radical (unpaired) electrons. The third-order valence-corrected chi connectivity index (χ3v) is 4.77. The van der Waals surface area contributed by atoms with Gasteiger partial charge < -0.3 is 9.84 Å².